The molecule has 3 heteroatoms. The number of nitrogens with zero attached hydrogens (tertiary/aromatic N) is 1. The molecule has 2 aromatic rings. The Morgan fingerprint density at radius 1 is 1.10 bits per heavy atom. The van der Waals surface area contributed by atoms with Crippen molar-refractivity contribution in [3.63, 3.8) is 0 Å². The van der Waals surface area contributed by atoms with Gasteiger partial charge in [0.25, 0.3) is 5.91 Å². The van der Waals surface area contributed by atoms with Gasteiger partial charge in [-0.2, -0.15) is 0 Å². The van der Waals surface area contributed by atoms with Crippen LogP contribution in [0.4, 0.5) is 0 Å². The van der Waals surface area contributed by atoms with Crippen LogP contribution in [0.2, 0.25) is 0 Å². The molecular formula is C17H19NO2. The molecule has 1 amide bonds. The van der Waals surface area contributed by atoms with E-state index in [2.05, 4.69) is 19.1 Å². The van der Waals surface area contributed by atoms with Gasteiger partial charge in [0.1, 0.15) is 12.4 Å². The van der Waals surface area contributed by atoms with E-state index >= 15 is 0 Å². The summed E-state index contributed by atoms with van der Waals surface area (Å²) >= 11 is 0. The van der Waals surface area contributed by atoms with E-state index in [-0.39, 0.29) is 5.91 Å². The van der Waals surface area contributed by atoms with Gasteiger partial charge in [-0.1, -0.05) is 35.9 Å². The number of carbonyl (C=O) groups excluding carboxylic acids is 1. The summed E-state index contributed by atoms with van der Waals surface area (Å²) in [6, 6.07) is 15.5. The summed E-state index contributed by atoms with van der Waals surface area (Å²) in [4.78, 5) is 13.4. The average Bonchev–Trinajstić information content (AvgIpc) is 2.44. The topological polar surface area (TPSA) is 29.5 Å². The molecule has 104 valence electrons. The lowest BCUT2D eigenvalue weighted by atomic mass is 10.1. The van der Waals surface area contributed by atoms with Gasteiger partial charge in [-0.25, -0.2) is 0 Å². The average molecular weight is 269 g/mol. The second-order valence-electron chi connectivity index (χ2n) is 5.01. The third kappa shape index (κ3) is 3.60. The molecule has 0 bridgehead atoms. The number of hydrogen-bond donors (Lipinski definition) is 0. The van der Waals surface area contributed by atoms with Crippen molar-refractivity contribution < 1.29 is 9.53 Å². The highest BCUT2D eigenvalue weighted by Gasteiger charge is 2.08. The summed E-state index contributed by atoms with van der Waals surface area (Å²) in [5.74, 6) is 0.685. The quantitative estimate of drug-likeness (QED) is 0.852. The van der Waals surface area contributed by atoms with Crippen molar-refractivity contribution in [3.8, 4) is 5.75 Å². The minimum Gasteiger partial charge on any atom is -0.489 e. The number of amides is 1. The summed E-state index contributed by atoms with van der Waals surface area (Å²) in [6.45, 7) is 2.56. The van der Waals surface area contributed by atoms with Crippen molar-refractivity contribution in [2.24, 2.45) is 0 Å². The molecule has 0 atom stereocenters. The molecule has 0 saturated heterocycles. The first-order chi connectivity index (χ1) is 9.56. The molecule has 0 spiro atoms. The van der Waals surface area contributed by atoms with Crippen molar-refractivity contribution >= 4 is 5.91 Å². The van der Waals surface area contributed by atoms with Crippen molar-refractivity contribution in [2.75, 3.05) is 14.1 Å². The largest absolute Gasteiger partial charge is 0.489 e. The molecule has 0 radical (unpaired) electrons. The first-order valence-electron chi connectivity index (χ1n) is 6.56. The van der Waals surface area contributed by atoms with Gasteiger partial charge in [-0.3, -0.25) is 4.79 Å². The predicted octanol–water partition coefficient (Wildman–Crippen LogP) is 3.28. The monoisotopic (exact) mass is 269 g/mol. The van der Waals surface area contributed by atoms with E-state index in [1.165, 1.54) is 5.56 Å². The number of hydrogen-bond acceptors (Lipinski definition) is 2. The van der Waals surface area contributed by atoms with Gasteiger partial charge in [0.15, 0.2) is 0 Å². The SMILES string of the molecule is Cc1cccc(COc2cccc(C(=O)N(C)C)c2)c1. The fourth-order valence-corrected chi connectivity index (χ4v) is 1.95. The molecular weight excluding hydrogens is 250 g/mol. The maximum Gasteiger partial charge on any atom is 0.253 e. The Kier molecular flexibility index (Phi) is 4.41. The van der Waals surface area contributed by atoms with Crippen LogP contribution in [-0.4, -0.2) is 24.9 Å². The van der Waals surface area contributed by atoms with Gasteiger partial charge in [0.05, 0.1) is 0 Å². The van der Waals surface area contributed by atoms with Gasteiger partial charge in [0, 0.05) is 19.7 Å². The van der Waals surface area contributed by atoms with Crippen LogP contribution in [0.25, 0.3) is 0 Å². The third-order valence-corrected chi connectivity index (χ3v) is 2.98. The number of rotatable bonds is 4. The van der Waals surface area contributed by atoms with E-state index in [4.69, 9.17) is 4.74 Å². The molecule has 20 heavy (non-hydrogen) atoms. The van der Waals surface area contributed by atoms with Crippen LogP contribution in [0.3, 0.4) is 0 Å². The smallest absolute Gasteiger partial charge is 0.253 e. The zero-order chi connectivity index (χ0) is 14.5. The molecule has 0 aliphatic rings. The normalized spacial score (nSPS) is 10.2. The molecule has 0 heterocycles. The maximum absolute atomic E-state index is 11.9. The Morgan fingerprint density at radius 3 is 2.55 bits per heavy atom. The highest BCUT2D eigenvalue weighted by molar-refractivity contribution is 5.94. The van der Waals surface area contributed by atoms with E-state index in [9.17, 15) is 4.79 Å². The van der Waals surface area contributed by atoms with Gasteiger partial charge in [-0.05, 0) is 30.7 Å². The van der Waals surface area contributed by atoms with Crippen molar-refractivity contribution in [3.05, 3.63) is 65.2 Å². The molecule has 0 fully saturated rings. The van der Waals surface area contributed by atoms with E-state index in [1.54, 1.807) is 31.1 Å². The Labute approximate surface area is 119 Å². The first kappa shape index (κ1) is 14.1. The lowest BCUT2D eigenvalue weighted by Gasteiger charge is -2.12. The summed E-state index contributed by atoms with van der Waals surface area (Å²) < 4.78 is 5.75. The summed E-state index contributed by atoms with van der Waals surface area (Å²) in [5, 5.41) is 0. The lowest BCUT2D eigenvalue weighted by molar-refractivity contribution is 0.0827. The van der Waals surface area contributed by atoms with E-state index in [1.807, 2.05) is 24.3 Å². The molecule has 0 aromatic heterocycles. The van der Waals surface area contributed by atoms with Crippen LogP contribution in [0, 0.1) is 6.92 Å². The molecule has 2 aromatic carbocycles. The molecule has 0 aliphatic heterocycles. The van der Waals surface area contributed by atoms with Crippen molar-refractivity contribution in [1.29, 1.82) is 0 Å². The van der Waals surface area contributed by atoms with E-state index < -0.39 is 0 Å². The van der Waals surface area contributed by atoms with Crippen LogP contribution in [0.1, 0.15) is 21.5 Å². The van der Waals surface area contributed by atoms with Gasteiger partial charge >= 0.3 is 0 Å². The second kappa shape index (κ2) is 6.24. The van der Waals surface area contributed by atoms with Gasteiger partial charge in [-0.15, -0.1) is 0 Å². The van der Waals surface area contributed by atoms with Crippen LogP contribution in [-0.2, 0) is 6.61 Å². The number of benzene rings is 2. The van der Waals surface area contributed by atoms with Crippen LogP contribution < -0.4 is 4.74 Å². The van der Waals surface area contributed by atoms with Crippen LogP contribution >= 0.6 is 0 Å². The number of aryl methyl sites for hydroxylation is 1. The fourth-order valence-electron chi connectivity index (χ4n) is 1.95. The Hall–Kier alpha value is -2.29. The van der Waals surface area contributed by atoms with Gasteiger partial charge < -0.3 is 9.64 Å². The fraction of sp³-hybridized carbons (Fsp3) is 0.235. The Bertz CT molecular complexity index is 605. The Morgan fingerprint density at radius 2 is 1.85 bits per heavy atom. The third-order valence-electron chi connectivity index (χ3n) is 2.98. The van der Waals surface area contributed by atoms with Crippen LogP contribution in [0.15, 0.2) is 48.5 Å². The van der Waals surface area contributed by atoms with Crippen molar-refractivity contribution in [1.82, 2.24) is 4.90 Å². The molecule has 0 unspecified atom stereocenters. The molecule has 0 saturated carbocycles. The number of ether oxygens (including phenoxy) is 1. The predicted molar refractivity (Wildman–Crippen MR) is 80.0 cm³/mol. The molecule has 0 aliphatic carbocycles. The van der Waals surface area contributed by atoms with E-state index in [0.29, 0.717) is 17.9 Å². The minimum atomic E-state index is -0.0222. The van der Waals surface area contributed by atoms with Gasteiger partial charge in [0.2, 0.25) is 0 Å². The standard InChI is InChI=1S/C17H19NO2/c1-13-6-4-7-14(10-13)12-20-16-9-5-8-15(11-16)17(19)18(2)3/h4-11H,12H2,1-3H3. The lowest BCUT2D eigenvalue weighted by Crippen LogP contribution is -2.21. The van der Waals surface area contributed by atoms with Crippen LogP contribution in [0.5, 0.6) is 5.75 Å². The molecule has 0 N–H and O–H groups in total. The Balaban J connectivity index is 2.07. The highest BCUT2D eigenvalue weighted by atomic mass is 16.5. The maximum atomic E-state index is 11.9. The van der Waals surface area contributed by atoms with E-state index in [0.717, 1.165) is 5.56 Å². The zero-order valence-electron chi connectivity index (χ0n) is 12.1. The number of carbonyl (C=O) groups is 1. The first-order valence-corrected chi connectivity index (χ1v) is 6.56. The summed E-state index contributed by atoms with van der Waals surface area (Å²) in [5.41, 5.74) is 2.97. The van der Waals surface area contributed by atoms with Crippen molar-refractivity contribution in [2.45, 2.75) is 13.5 Å². The highest BCUT2D eigenvalue weighted by Crippen LogP contribution is 2.16. The zero-order valence-corrected chi connectivity index (χ0v) is 12.1. The summed E-state index contributed by atoms with van der Waals surface area (Å²) in [6.07, 6.45) is 0. The summed E-state index contributed by atoms with van der Waals surface area (Å²) in [7, 11) is 3.48. The minimum absolute atomic E-state index is 0.0222. The molecule has 3 nitrogen and oxygen atoms in total. The molecule has 2 rings (SSSR count). The second-order valence-corrected chi connectivity index (χ2v) is 5.01.